The van der Waals surface area contributed by atoms with Gasteiger partial charge in [-0.15, -0.1) is 0 Å². The van der Waals surface area contributed by atoms with Crippen LogP contribution < -0.4 is 5.73 Å². The highest BCUT2D eigenvalue weighted by atomic mass is 16.5. The molecule has 4 nitrogen and oxygen atoms in total. The van der Waals surface area contributed by atoms with E-state index < -0.39 is 5.60 Å². The predicted molar refractivity (Wildman–Crippen MR) is 52.4 cm³/mol. The molecule has 0 rings (SSSR count). The number of hydrogen-bond acceptors (Lipinski definition) is 3. The molecule has 1 atom stereocenters. The second-order valence-electron chi connectivity index (χ2n) is 3.30. The molecule has 1 amide bonds. The zero-order valence-corrected chi connectivity index (χ0v) is 8.96. The number of hydrogen-bond donors (Lipinski definition) is 1. The van der Waals surface area contributed by atoms with Crippen LogP contribution in [0.3, 0.4) is 0 Å². The number of rotatable bonds is 5. The van der Waals surface area contributed by atoms with Crippen molar-refractivity contribution >= 4 is 5.91 Å². The Hall–Kier alpha value is -0.610. The zero-order chi connectivity index (χ0) is 10.5. The first-order valence-corrected chi connectivity index (χ1v) is 4.52. The second-order valence-corrected chi connectivity index (χ2v) is 3.30. The minimum Gasteiger partial charge on any atom is -0.369 e. The van der Waals surface area contributed by atoms with Crippen LogP contribution in [-0.2, 0) is 9.53 Å². The normalized spacial score (nSPS) is 15.2. The van der Waals surface area contributed by atoms with Gasteiger partial charge in [0.05, 0.1) is 0 Å². The van der Waals surface area contributed by atoms with Crippen molar-refractivity contribution in [2.75, 3.05) is 27.2 Å². The lowest BCUT2D eigenvalue weighted by molar-refractivity contribution is -0.151. The van der Waals surface area contributed by atoms with Gasteiger partial charge in [-0.2, -0.15) is 0 Å². The molecule has 0 radical (unpaired) electrons. The van der Waals surface area contributed by atoms with Gasteiger partial charge >= 0.3 is 0 Å². The molecular weight excluding hydrogens is 168 g/mol. The Labute approximate surface area is 80.0 Å². The Balaban J connectivity index is 4.37. The summed E-state index contributed by atoms with van der Waals surface area (Å²) in [4.78, 5) is 13.4. The highest BCUT2D eigenvalue weighted by molar-refractivity contribution is 5.84. The van der Waals surface area contributed by atoms with E-state index in [1.165, 1.54) is 0 Å². The van der Waals surface area contributed by atoms with E-state index >= 15 is 0 Å². The average Bonchev–Trinajstić information content (AvgIpc) is 2.16. The summed E-state index contributed by atoms with van der Waals surface area (Å²) in [6.45, 7) is 4.77. The maximum atomic E-state index is 11.8. The third kappa shape index (κ3) is 2.97. The number of amides is 1. The first kappa shape index (κ1) is 12.4. The molecule has 0 heterocycles. The summed E-state index contributed by atoms with van der Waals surface area (Å²) in [6, 6.07) is 0. The topological polar surface area (TPSA) is 55.6 Å². The van der Waals surface area contributed by atoms with E-state index in [0.717, 1.165) is 0 Å². The molecule has 0 bridgehead atoms. The van der Waals surface area contributed by atoms with Crippen LogP contribution in [0.4, 0.5) is 0 Å². The molecule has 0 saturated heterocycles. The van der Waals surface area contributed by atoms with Gasteiger partial charge in [-0.1, -0.05) is 6.92 Å². The van der Waals surface area contributed by atoms with Crippen LogP contribution in [0.15, 0.2) is 0 Å². The predicted octanol–water partition coefficient (Wildman–Crippen LogP) is 0.219. The molecule has 0 aliphatic carbocycles. The van der Waals surface area contributed by atoms with Crippen molar-refractivity contribution in [3.05, 3.63) is 0 Å². The summed E-state index contributed by atoms with van der Waals surface area (Å²) in [6.07, 6.45) is 0.664. The SMILES string of the molecule is CCC(C)(OC)C(=O)N(C)CCN. The van der Waals surface area contributed by atoms with Crippen LogP contribution in [0.5, 0.6) is 0 Å². The molecule has 0 aliphatic rings. The highest BCUT2D eigenvalue weighted by Gasteiger charge is 2.33. The first-order chi connectivity index (χ1) is 6.01. The number of carbonyl (C=O) groups excluding carboxylic acids is 1. The van der Waals surface area contributed by atoms with Gasteiger partial charge in [0.1, 0.15) is 5.60 Å². The zero-order valence-electron chi connectivity index (χ0n) is 8.96. The lowest BCUT2D eigenvalue weighted by Gasteiger charge is -2.30. The molecule has 4 heteroatoms. The van der Waals surface area contributed by atoms with Crippen LogP contribution in [0.2, 0.25) is 0 Å². The van der Waals surface area contributed by atoms with E-state index in [9.17, 15) is 4.79 Å². The summed E-state index contributed by atoms with van der Waals surface area (Å²) in [7, 11) is 3.29. The molecule has 0 aromatic heterocycles. The molecule has 0 aromatic rings. The molecule has 0 aromatic carbocycles. The molecule has 0 aliphatic heterocycles. The van der Waals surface area contributed by atoms with Gasteiger partial charge in [-0.05, 0) is 13.3 Å². The number of carbonyl (C=O) groups is 1. The maximum absolute atomic E-state index is 11.8. The van der Waals surface area contributed by atoms with Crippen molar-refractivity contribution in [1.29, 1.82) is 0 Å². The minimum absolute atomic E-state index is 0.0112. The largest absolute Gasteiger partial charge is 0.369 e. The quantitative estimate of drug-likeness (QED) is 0.671. The van der Waals surface area contributed by atoms with Gasteiger partial charge in [-0.25, -0.2) is 0 Å². The number of ether oxygens (including phenoxy) is 1. The average molecular weight is 188 g/mol. The van der Waals surface area contributed by atoms with Crippen molar-refractivity contribution in [2.24, 2.45) is 5.73 Å². The fourth-order valence-electron chi connectivity index (χ4n) is 1.08. The Morgan fingerprint density at radius 2 is 2.15 bits per heavy atom. The maximum Gasteiger partial charge on any atom is 0.254 e. The van der Waals surface area contributed by atoms with E-state index in [1.54, 1.807) is 26.0 Å². The monoisotopic (exact) mass is 188 g/mol. The lowest BCUT2D eigenvalue weighted by Crippen LogP contribution is -2.47. The summed E-state index contributed by atoms with van der Waals surface area (Å²) >= 11 is 0. The third-order valence-corrected chi connectivity index (χ3v) is 2.39. The fourth-order valence-corrected chi connectivity index (χ4v) is 1.08. The summed E-state index contributed by atoms with van der Waals surface area (Å²) in [5, 5.41) is 0. The van der Waals surface area contributed by atoms with Crippen LogP contribution in [0.25, 0.3) is 0 Å². The van der Waals surface area contributed by atoms with Gasteiger partial charge in [-0.3, -0.25) is 4.79 Å². The molecule has 2 N–H and O–H groups in total. The lowest BCUT2D eigenvalue weighted by atomic mass is 10.0. The Kier molecular flexibility index (Phi) is 4.95. The Morgan fingerprint density at radius 1 is 1.62 bits per heavy atom. The van der Waals surface area contributed by atoms with E-state index in [4.69, 9.17) is 10.5 Å². The van der Waals surface area contributed by atoms with Gasteiger partial charge in [0, 0.05) is 27.2 Å². The van der Waals surface area contributed by atoms with Crippen LogP contribution in [0.1, 0.15) is 20.3 Å². The number of likely N-dealkylation sites (N-methyl/N-ethyl adjacent to an activating group) is 1. The van der Waals surface area contributed by atoms with E-state index in [0.29, 0.717) is 19.5 Å². The van der Waals surface area contributed by atoms with E-state index in [-0.39, 0.29) is 5.91 Å². The third-order valence-electron chi connectivity index (χ3n) is 2.39. The Morgan fingerprint density at radius 3 is 2.46 bits per heavy atom. The van der Waals surface area contributed by atoms with Crippen LogP contribution >= 0.6 is 0 Å². The smallest absolute Gasteiger partial charge is 0.254 e. The molecule has 0 fully saturated rings. The molecule has 13 heavy (non-hydrogen) atoms. The Bertz CT molecular complexity index is 167. The second kappa shape index (κ2) is 5.19. The van der Waals surface area contributed by atoms with Crippen molar-refractivity contribution in [1.82, 2.24) is 4.90 Å². The van der Waals surface area contributed by atoms with Crippen molar-refractivity contribution in [2.45, 2.75) is 25.9 Å². The minimum atomic E-state index is -0.704. The van der Waals surface area contributed by atoms with Crippen molar-refractivity contribution in [3.63, 3.8) is 0 Å². The van der Waals surface area contributed by atoms with Crippen molar-refractivity contribution in [3.8, 4) is 0 Å². The first-order valence-electron chi connectivity index (χ1n) is 4.52. The molecule has 0 spiro atoms. The van der Waals surface area contributed by atoms with Gasteiger partial charge in [0.25, 0.3) is 5.91 Å². The summed E-state index contributed by atoms with van der Waals surface area (Å²) in [5.41, 5.74) is 4.65. The number of methoxy groups -OCH3 is 1. The number of nitrogens with zero attached hydrogens (tertiary/aromatic N) is 1. The van der Waals surface area contributed by atoms with Crippen molar-refractivity contribution < 1.29 is 9.53 Å². The standard InChI is InChI=1S/C9H20N2O2/c1-5-9(2,13-4)8(12)11(3)7-6-10/h5-7,10H2,1-4H3. The van der Waals surface area contributed by atoms with Gasteiger partial charge in [0.15, 0.2) is 0 Å². The highest BCUT2D eigenvalue weighted by Crippen LogP contribution is 2.16. The molecule has 0 saturated carbocycles. The van der Waals surface area contributed by atoms with Crippen LogP contribution in [-0.4, -0.2) is 43.7 Å². The summed E-state index contributed by atoms with van der Waals surface area (Å²) in [5.74, 6) is -0.0112. The van der Waals surface area contributed by atoms with Crippen LogP contribution in [0, 0.1) is 0 Å². The van der Waals surface area contributed by atoms with E-state index in [1.807, 2.05) is 6.92 Å². The number of nitrogens with two attached hydrogens (primary N) is 1. The molecule has 78 valence electrons. The molecular formula is C9H20N2O2. The van der Waals surface area contributed by atoms with Gasteiger partial charge < -0.3 is 15.4 Å². The summed E-state index contributed by atoms with van der Waals surface area (Å²) < 4.78 is 5.18. The molecule has 1 unspecified atom stereocenters. The fraction of sp³-hybridized carbons (Fsp3) is 0.889. The van der Waals surface area contributed by atoms with E-state index in [2.05, 4.69) is 0 Å². The van der Waals surface area contributed by atoms with Gasteiger partial charge in [0.2, 0.25) is 0 Å².